The number of benzene rings is 2. The second-order valence-electron chi connectivity index (χ2n) is 18.7. The fourth-order valence-electron chi connectivity index (χ4n) is 8.38. The molecule has 1 aliphatic heterocycles. The fraction of sp³-hybridized carbons (Fsp3) is 0.404. The van der Waals surface area contributed by atoms with Gasteiger partial charge in [-0.15, -0.1) is 41.5 Å². The SMILES string of the molecule is Cc1cnc2c(c1)c1nc(C(C)(C)C)ccc1n2-c1[c-]c(Oc2[c-]c(C3=N[C@]4(C)c5cc(C)c(C)cc5C[C@]4(C(C)(C)C)O3)ccn2)cc(C(C)(C)C)c1.[Pt+2]. The molecule has 8 heteroatoms. The zero-order valence-corrected chi connectivity index (χ0v) is 36.6. The molecule has 0 N–H and O–H groups in total. The molecule has 55 heavy (non-hydrogen) atoms. The second kappa shape index (κ2) is 12.8. The minimum absolute atomic E-state index is 0. The molecule has 2 aliphatic rings. The van der Waals surface area contributed by atoms with Gasteiger partial charge in [0.25, 0.3) is 0 Å². The first kappa shape index (κ1) is 38.9. The van der Waals surface area contributed by atoms with E-state index in [4.69, 9.17) is 24.4 Å². The number of aryl methyl sites for hydroxylation is 3. The number of rotatable bonds is 4. The van der Waals surface area contributed by atoms with Crippen LogP contribution in [0.1, 0.15) is 114 Å². The number of aromatic nitrogens is 4. The van der Waals surface area contributed by atoms with Gasteiger partial charge >= 0.3 is 21.1 Å². The summed E-state index contributed by atoms with van der Waals surface area (Å²) >= 11 is 0. The number of hydrogen-bond acceptors (Lipinski definition) is 6. The van der Waals surface area contributed by atoms with Crippen molar-refractivity contribution in [3.63, 3.8) is 0 Å². The summed E-state index contributed by atoms with van der Waals surface area (Å²) in [7, 11) is 0. The van der Waals surface area contributed by atoms with Gasteiger partial charge in [0.2, 0.25) is 0 Å². The molecule has 7 nitrogen and oxygen atoms in total. The predicted molar refractivity (Wildman–Crippen MR) is 217 cm³/mol. The van der Waals surface area contributed by atoms with Gasteiger partial charge in [0.1, 0.15) is 22.7 Å². The summed E-state index contributed by atoms with van der Waals surface area (Å²) in [5.41, 5.74) is 10.9. The summed E-state index contributed by atoms with van der Waals surface area (Å²) in [5.74, 6) is 1.41. The predicted octanol–water partition coefficient (Wildman–Crippen LogP) is 10.9. The summed E-state index contributed by atoms with van der Waals surface area (Å²) in [5, 5.41) is 1.01. The Kier molecular flexibility index (Phi) is 9.08. The quantitative estimate of drug-likeness (QED) is 0.165. The number of nitrogens with zero attached hydrogens (tertiary/aromatic N) is 5. The molecule has 0 saturated carbocycles. The first-order valence-electron chi connectivity index (χ1n) is 19.0. The first-order chi connectivity index (χ1) is 25.2. The Bertz CT molecular complexity index is 2550. The van der Waals surface area contributed by atoms with Gasteiger partial charge in [-0.05, 0) is 85.3 Å². The van der Waals surface area contributed by atoms with Crippen LogP contribution in [0.4, 0.5) is 0 Å². The van der Waals surface area contributed by atoms with E-state index in [9.17, 15) is 0 Å². The van der Waals surface area contributed by atoms with Crippen molar-refractivity contribution in [2.75, 3.05) is 0 Å². The number of pyridine rings is 3. The Labute approximate surface area is 340 Å². The Morgan fingerprint density at radius 2 is 1.56 bits per heavy atom. The third kappa shape index (κ3) is 6.22. The van der Waals surface area contributed by atoms with E-state index >= 15 is 0 Å². The average Bonchev–Trinajstić information content (AvgIpc) is 3.65. The normalized spacial score (nSPS) is 19.5. The van der Waals surface area contributed by atoms with Crippen molar-refractivity contribution in [1.29, 1.82) is 0 Å². The molecule has 5 heterocycles. The van der Waals surface area contributed by atoms with Gasteiger partial charge in [-0.25, -0.2) is 15.0 Å². The average molecular weight is 913 g/mol. The van der Waals surface area contributed by atoms with Gasteiger partial charge in [0.15, 0.2) is 5.88 Å². The molecule has 4 aromatic heterocycles. The van der Waals surface area contributed by atoms with Crippen LogP contribution in [0, 0.1) is 38.3 Å². The minimum Gasteiger partial charge on any atom is -0.525 e. The molecule has 286 valence electrons. The minimum atomic E-state index is -0.562. The van der Waals surface area contributed by atoms with E-state index in [2.05, 4.69) is 148 Å². The summed E-state index contributed by atoms with van der Waals surface area (Å²) < 4.78 is 15.8. The molecule has 0 radical (unpaired) electrons. The van der Waals surface area contributed by atoms with Crippen LogP contribution < -0.4 is 4.74 Å². The summed E-state index contributed by atoms with van der Waals surface area (Å²) in [4.78, 5) is 20.1. The van der Waals surface area contributed by atoms with E-state index in [1.807, 2.05) is 18.3 Å². The Balaban J connectivity index is 0.00000465. The molecule has 0 bridgehead atoms. The van der Waals surface area contributed by atoms with Crippen LogP contribution in [0.2, 0.25) is 0 Å². The molecule has 0 amide bonds. The Hall–Kier alpha value is -4.35. The monoisotopic (exact) mass is 912 g/mol. The van der Waals surface area contributed by atoms with E-state index in [0.29, 0.717) is 23.1 Å². The van der Waals surface area contributed by atoms with Crippen LogP contribution in [0.5, 0.6) is 11.6 Å². The standard InChI is InChI=1S/C47H51N5O2.Pt/c1-27-18-35-40-37(14-15-38(50-40)44(7,8)9)52(41(35)49-26-27)33-22-32(43(4,5)6)23-34(24-33)53-39-21-30(16-17-48-39)42-51-46(13)36-20-29(3)28(2)19-31(36)25-47(46,54-42)45(10,11)12;/h14-20,22-23,26H,25H2,1-13H3;/q-2;+2/t46-,47-;/m1./s1. The Morgan fingerprint density at radius 3 is 2.25 bits per heavy atom. The van der Waals surface area contributed by atoms with E-state index in [-0.39, 0.29) is 37.3 Å². The zero-order chi connectivity index (χ0) is 38.7. The maximum atomic E-state index is 7.06. The van der Waals surface area contributed by atoms with Crippen LogP contribution in [0.3, 0.4) is 0 Å². The molecular weight excluding hydrogens is 862 g/mol. The summed E-state index contributed by atoms with van der Waals surface area (Å²) in [6.45, 7) is 28.6. The van der Waals surface area contributed by atoms with Gasteiger partial charge in [-0.3, -0.25) is 4.99 Å². The van der Waals surface area contributed by atoms with Crippen molar-refractivity contribution < 1.29 is 30.5 Å². The Morgan fingerprint density at radius 1 is 0.836 bits per heavy atom. The molecule has 8 rings (SSSR count). The molecule has 2 aromatic carbocycles. The number of fused-ring (bicyclic) bond motifs is 6. The van der Waals surface area contributed by atoms with Crippen molar-refractivity contribution in [3.8, 4) is 17.3 Å². The molecule has 0 fully saturated rings. The smallest absolute Gasteiger partial charge is 0.525 e. The van der Waals surface area contributed by atoms with Crippen LogP contribution in [-0.2, 0) is 48.6 Å². The molecular formula is C47H51N5O2Pt. The van der Waals surface area contributed by atoms with Crippen molar-refractivity contribution in [2.24, 2.45) is 10.4 Å². The fourth-order valence-corrected chi connectivity index (χ4v) is 8.38. The maximum absolute atomic E-state index is 7.06. The molecule has 0 spiro atoms. The van der Waals surface area contributed by atoms with Crippen LogP contribution >= 0.6 is 0 Å². The molecule has 0 unspecified atom stereocenters. The largest absolute Gasteiger partial charge is 2.00 e. The molecule has 6 aromatic rings. The van der Waals surface area contributed by atoms with E-state index in [0.717, 1.165) is 51.0 Å². The molecule has 2 atom stereocenters. The van der Waals surface area contributed by atoms with Crippen LogP contribution in [-0.4, -0.2) is 31.0 Å². The first-order valence-corrected chi connectivity index (χ1v) is 19.0. The van der Waals surface area contributed by atoms with Crippen molar-refractivity contribution in [2.45, 2.75) is 118 Å². The number of aliphatic imine (C=N–C) groups is 1. The summed E-state index contributed by atoms with van der Waals surface area (Å²) in [6, 6.07) is 24.2. The zero-order valence-electron chi connectivity index (χ0n) is 34.3. The molecule has 1 aliphatic carbocycles. The third-order valence-electron chi connectivity index (χ3n) is 11.7. The molecule has 0 saturated heterocycles. The second-order valence-corrected chi connectivity index (χ2v) is 18.7. The van der Waals surface area contributed by atoms with Crippen molar-refractivity contribution in [1.82, 2.24) is 19.5 Å². The van der Waals surface area contributed by atoms with E-state index in [1.54, 1.807) is 6.20 Å². The van der Waals surface area contributed by atoms with Gasteiger partial charge < -0.3 is 14.0 Å². The van der Waals surface area contributed by atoms with Crippen molar-refractivity contribution >= 4 is 28.0 Å². The van der Waals surface area contributed by atoms with Gasteiger partial charge in [-0.1, -0.05) is 80.1 Å². The van der Waals surface area contributed by atoms with E-state index in [1.165, 1.54) is 22.3 Å². The third-order valence-corrected chi connectivity index (χ3v) is 11.7. The van der Waals surface area contributed by atoms with Crippen LogP contribution in [0.15, 0.2) is 65.9 Å². The van der Waals surface area contributed by atoms with Crippen LogP contribution in [0.25, 0.3) is 27.8 Å². The number of ether oxygens (including phenoxy) is 2. The van der Waals surface area contributed by atoms with Gasteiger partial charge in [0, 0.05) is 40.3 Å². The van der Waals surface area contributed by atoms with Crippen molar-refractivity contribution in [3.05, 3.63) is 118 Å². The van der Waals surface area contributed by atoms with Gasteiger partial charge in [0.05, 0.1) is 11.0 Å². The topological polar surface area (TPSA) is 74.4 Å². The van der Waals surface area contributed by atoms with Gasteiger partial charge in [-0.2, -0.15) is 0 Å². The number of hydrogen-bond donors (Lipinski definition) is 0. The van der Waals surface area contributed by atoms with E-state index < -0.39 is 11.1 Å². The summed E-state index contributed by atoms with van der Waals surface area (Å²) in [6.07, 6.45) is 4.43. The maximum Gasteiger partial charge on any atom is 2.00 e.